The maximum absolute atomic E-state index is 5.66. The lowest BCUT2D eigenvalue weighted by molar-refractivity contribution is 0.0689. The van der Waals surface area contributed by atoms with E-state index in [0.29, 0.717) is 26.4 Å². The van der Waals surface area contributed by atoms with Gasteiger partial charge in [-0.25, -0.2) is 0 Å². The van der Waals surface area contributed by atoms with Crippen LogP contribution in [0.25, 0.3) is 0 Å². The van der Waals surface area contributed by atoms with Gasteiger partial charge in [0.15, 0.2) is 5.96 Å². The van der Waals surface area contributed by atoms with Crippen molar-refractivity contribution in [1.29, 1.82) is 0 Å². The third-order valence-corrected chi connectivity index (χ3v) is 3.44. The molecule has 2 N–H and O–H groups in total. The molecule has 26 heavy (non-hydrogen) atoms. The summed E-state index contributed by atoms with van der Waals surface area (Å²) in [4.78, 5) is 4.24. The number of ether oxygens (including phenoxy) is 3. The first-order valence-electron chi connectivity index (χ1n) is 8.64. The van der Waals surface area contributed by atoms with Gasteiger partial charge in [0, 0.05) is 39.4 Å². The zero-order valence-electron chi connectivity index (χ0n) is 15.8. The number of aliphatic imine (C=N–C) groups is 1. The molecule has 0 aromatic heterocycles. The van der Waals surface area contributed by atoms with Gasteiger partial charge in [0.2, 0.25) is 0 Å². The van der Waals surface area contributed by atoms with Crippen molar-refractivity contribution in [3.8, 4) is 5.75 Å². The number of rotatable bonds is 13. The minimum Gasteiger partial charge on any atom is -0.489 e. The molecule has 0 unspecified atom stereocenters. The summed E-state index contributed by atoms with van der Waals surface area (Å²) in [6.45, 7) is 7.72. The monoisotopic (exact) mass is 477 g/mol. The molecule has 0 heterocycles. The van der Waals surface area contributed by atoms with Gasteiger partial charge in [0.25, 0.3) is 0 Å². The van der Waals surface area contributed by atoms with E-state index >= 15 is 0 Å². The van der Waals surface area contributed by atoms with Crippen molar-refractivity contribution in [2.24, 2.45) is 4.99 Å². The van der Waals surface area contributed by atoms with Gasteiger partial charge in [-0.2, -0.15) is 0 Å². The summed E-state index contributed by atoms with van der Waals surface area (Å²) >= 11 is 0. The van der Waals surface area contributed by atoms with Gasteiger partial charge < -0.3 is 24.8 Å². The highest BCUT2D eigenvalue weighted by atomic mass is 127. The van der Waals surface area contributed by atoms with Crippen LogP contribution in [0.5, 0.6) is 5.75 Å². The Labute approximate surface area is 174 Å². The minimum atomic E-state index is 0. The molecule has 0 aliphatic heterocycles. The fourth-order valence-corrected chi connectivity index (χ4v) is 2.12. The predicted octanol–water partition coefficient (Wildman–Crippen LogP) is 2.98. The Morgan fingerprint density at radius 1 is 1.15 bits per heavy atom. The van der Waals surface area contributed by atoms with Crippen molar-refractivity contribution >= 4 is 29.9 Å². The minimum absolute atomic E-state index is 0. The summed E-state index contributed by atoms with van der Waals surface area (Å²) in [5.41, 5.74) is 1.08. The fraction of sp³-hybridized carbons (Fsp3) is 0.526. The smallest absolute Gasteiger partial charge is 0.191 e. The molecule has 0 bridgehead atoms. The van der Waals surface area contributed by atoms with E-state index < -0.39 is 0 Å². The third-order valence-electron chi connectivity index (χ3n) is 3.44. The molecule has 0 saturated carbocycles. The molecule has 0 aliphatic carbocycles. The van der Waals surface area contributed by atoms with Crippen LogP contribution in [0.15, 0.2) is 41.9 Å². The first-order chi connectivity index (χ1) is 12.3. The SMILES string of the molecule is C=CCOc1ccccc1CNC(=NC)NCCCCOCCOC.I. The van der Waals surface area contributed by atoms with Crippen LogP contribution in [-0.2, 0) is 16.0 Å². The van der Waals surface area contributed by atoms with Crippen molar-refractivity contribution in [2.75, 3.05) is 47.1 Å². The molecule has 0 spiro atoms. The number of nitrogens with zero attached hydrogens (tertiary/aromatic N) is 1. The first-order valence-corrected chi connectivity index (χ1v) is 8.64. The van der Waals surface area contributed by atoms with Gasteiger partial charge in [0.1, 0.15) is 12.4 Å². The molecule has 0 saturated heterocycles. The Balaban J connectivity index is 0.00000625. The molecule has 1 aromatic rings. The summed E-state index contributed by atoms with van der Waals surface area (Å²) in [6, 6.07) is 7.96. The molecule has 0 amide bonds. The lowest BCUT2D eigenvalue weighted by atomic mass is 10.2. The molecule has 1 rings (SSSR count). The molecule has 1 aromatic carbocycles. The second-order valence-electron chi connectivity index (χ2n) is 5.37. The number of unbranched alkanes of at least 4 members (excludes halogenated alkanes) is 1. The quantitative estimate of drug-likeness (QED) is 0.150. The Kier molecular flexibility index (Phi) is 16.2. The van der Waals surface area contributed by atoms with Crippen molar-refractivity contribution in [3.05, 3.63) is 42.5 Å². The van der Waals surface area contributed by atoms with E-state index in [0.717, 1.165) is 43.3 Å². The van der Waals surface area contributed by atoms with Gasteiger partial charge in [-0.05, 0) is 18.9 Å². The number of hydrogen-bond acceptors (Lipinski definition) is 4. The van der Waals surface area contributed by atoms with Crippen LogP contribution in [0.1, 0.15) is 18.4 Å². The van der Waals surface area contributed by atoms with Gasteiger partial charge in [-0.1, -0.05) is 30.9 Å². The number of guanidine groups is 1. The van der Waals surface area contributed by atoms with E-state index in [-0.39, 0.29) is 24.0 Å². The van der Waals surface area contributed by atoms with E-state index in [2.05, 4.69) is 22.2 Å². The lowest BCUT2D eigenvalue weighted by Crippen LogP contribution is -2.37. The van der Waals surface area contributed by atoms with E-state index in [1.807, 2.05) is 24.3 Å². The van der Waals surface area contributed by atoms with Crippen molar-refractivity contribution in [3.63, 3.8) is 0 Å². The topological polar surface area (TPSA) is 64.1 Å². The molecular formula is C19H32IN3O3. The Morgan fingerprint density at radius 2 is 1.96 bits per heavy atom. The largest absolute Gasteiger partial charge is 0.489 e. The standard InChI is InChI=1S/C19H31N3O3.HI/c1-4-12-25-18-10-6-5-9-17(18)16-22-19(20-2)21-11-7-8-13-24-15-14-23-3;/h4-6,9-10H,1,7-8,11-16H2,2-3H3,(H2,20,21,22);1H. The van der Waals surface area contributed by atoms with Crippen LogP contribution in [0.2, 0.25) is 0 Å². The fourth-order valence-electron chi connectivity index (χ4n) is 2.12. The molecule has 148 valence electrons. The average Bonchev–Trinajstić information content (AvgIpc) is 2.65. The second kappa shape index (κ2) is 17.1. The zero-order chi connectivity index (χ0) is 18.2. The number of para-hydroxylation sites is 1. The van der Waals surface area contributed by atoms with E-state index in [9.17, 15) is 0 Å². The lowest BCUT2D eigenvalue weighted by Gasteiger charge is -2.14. The Hall–Kier alpha value is -1.32. The van der Waals surface area contributed by atoms with Gasteiger partial charge in [-0.3, -0.25) is 4.99 Å². The summed E-state index contributed by atoms with van der Waals surface area (Å²) in [7, 11) is 3.44. The number of benzene rings is 1. The Bertz CT molecular complexity index is 513. The number of nitrogens with one attached hydrogen (secondary N) is 2. The molecule has 7 heteroatoms. The van der Waals surface area contributed by atoms with Crippen LogP contribution in [-0.4, -0.2) is 53.1 Å². The van der Waals surface area contributed by atoms with Gasteiger partial charge >= 0.3 is 0 Å². The van der Waals surface area contributed by atoms with Crippen molar-refractivity contribution < 1.29 is 14.2 Å². The van der Waals surface area contributed by atoms with E-state index in [1.165, 1.54) is 0 Å². The van der Waals surface area contributed by atoms with Crippen LogP contribution in [0.4, 0.5) is 0 Å². The van der Waals surface area contributed by atoms with E-state index in [1.54, 1.807) is 20.2 Å². The highest BCUT2D eigenvalue weighted by molar-refractivity contribution is 14.0. The summed E-state index contributed by atoms with van der Waals surface area (Å²) in [6.07, 6.45) is 3.77. The van der Waals surface area contributed by atoms with Crippen molar-refractivity contribution in [2.45, 2.75) is 19.4 Å². The summed E-state index contributed by atoms with van der Waals surface area (Å²) in [5, 5.41) is 6.61. The van der Waals surface area contributed by atoms with Gasteiger partial charge in [-0.15, -0.1) is 24.0 Å². The molecule has 0 fully saturated rings. The highest BCUT2D eigenvalue weighted by Crippen LogP contribution is 2.17. The highest BCUT2D eigenvalue weighted by Gasteiger charge is 2.04. The van der Waals surface area contributed by atoms with Crippen LogP contribution >= 0.6 is 24.0 Å². The predicted molar refractivity (Wildman–Crippen MR) is 118 cm³/mol. The zero-order valence-corrected chi connectivity index (χ0v) is 18.2. The maximum atomic E-state index is 5.66. The number of methoxy groups -OCH3 is 1. The molecular weight excluding hydrogens is 445 g/mol. The van der Waals surface area contributed by atoms with Crippen LogP contribution in [0.3, 0.4) is 0 Å². The molecule has 6 nitrogen and oxygen atoms in total. The van der Waals surface area contributed by atoms with Crippen LogP contribution in [0, 0.1) is 0 Å². The number of halogens is 1. The normalized spacial score (nSPS) is 10.8. The van der Waals surface area contributed by atoms with Crippen LogP contribution < -0.4 is 15.4 Å². The van der Waals surface area contributed by atoms with Gasteiger partial charge in [0.05, 0.1) is 13.2 Å². The van der Waals surface area contributed by atoms with E-state index in [4.69, 9.17) is 14.2 Å². The molecule has 0 radical (unpaired) electrons. The average molecular weight is 477 g/mol. The molecule has 0 aliphatic rings. The third kappa shape index (κ3) is 11.3. The summed E-state index contributed by atoms with van der Waals surface area (Å²) < 4.78 is 16.0. The summed E-state index contributed by atoms with van der Waals surface area (Å²) in [5.74, 6) is 1.64. The Morgan fingerprint density at radius 3 is 2.69 bits per heavy atom. The second-order valence-corrected chi connectivity index (χ2v) is 5.37. The first kappa shape index (κ1) is 24.7. The maximum Gasteiger partial charge on any atom is 0.191 e. The molecule has 0 atom stereocenters. The van der Waals surface area contributed by atoms with Crippen molar-refractivity contribution in [1.82, 2.24) is 10.6 Å². The number of hydrogen-bond donors (Lipinski definition) is 2.